The molecule has 0 aliphatic rings. The molecule has 2 heterocycles. The molecule has 27 heavy (non-hydrogen) atoms. The van der Waals surface area contributed by atoms with Gasteiger partial charge in [-0.3, -0.25) is 0 Å². The summed E-state index contributed by atoms with van der Waals surface area (Å²) in [6.45, 7) is -0.0933. The van der Waals surface area contributed by atoms with Gasteiger partial charge in [-0.25, -0.2) is 17.8 Å². The van der Waals surface area contributed by atoms with E-state index >= 15 is 0 Å². The summed E-state index contributed by atoms with van der Waals surface area (Å²) in [6.07, 6.45) is 2.52. The van der Waals surface area contributed by atoms with Crippen LogP contribution < -0.4 is 4.72 Å². The van der Waals surface area contributed by atoms with Crippen molar-refractivity contribution in [1.82, 2.24) is 14.5 Å². The van der Waals surface area contributed by atoms with E-state index in [-0.39, 0.29) is 11.4 Å². The smallest absolute Gasteiger partial charge is 0.240 e. The van der Waals surface area contributed by atoms with Crippen molar-refractivity contribution in [3.8, 4) is 5.69 Å². The number of aliphatic hydroxyl groups excluding tert-OH is 1. The molecule has 0 bridgehead atoms. The number of aromatic nitrogens is 2. The average molecular weight is 399 g/mol. The Morgan fingerprint density at radius 1 is 1.11 bits per heavy atom. The van der Waals surface area contributed by atoms with Gasteiger partial charge in [0.25, 0.3) is 0 Å². The highest BCUT2D eigenvalue weighted by Crippen LogP contribution is 2.30. The van der Waals surface area contributed by atoms with E-state index in [9.17, 15) is 13.5 Å². The minimum Gasteiger partial charge on any atom is -0.387 e. The molecule has 0 fully saturated rings. The fraction of sp³-hybridized carbons (Fsp3) is 0.105. The average Bonchev–Trinajstić information content (AvgIpc) is 3.36. The van der Waals surface area contributed by atoms with E-state index in [0.717, 1.165) is 21.3 Å². The van der Waals surface area contributed by atoms with Crippen molar-refractivity contribution in [2.45, 2.75) is 11.0 Å². The van der Waals surface area contributed by atoms with E-state index in [1.54, 1.807) is 35.3 Å². The molecule has 1 atom stereocenters. The Morgan fingerprint density at radius 2 is 1.89 bits per heavy atom. The van der Waals surface area contributed by atoms with Crippen molar-refractivity contribution in [3.05, 3.63) is 77.9 Å². The van der Waals surface area contributed by atoms with Crippen molar-refractivity contribution < 1.29 is 13.5 Å². The van der Waals surface area contributed by atoms with Crippen molar-refractivity contribution in [2.24, 2.45) is 0 Å². The zero-order valence-corrected chi connectivity index (χ0v) is 15.8. The predicted molar refractivity (Wildman–Crippen MR) is 106 cm³/mol. The molecule has 4 rings (SSSR count). The Balaban J connectivity index is 1.48. The van der Waals surface area contributed by atoms with Crippen molar-refractivity contribution >= 4 is 31.4 Å². The van der Waals surface area contributed by atoms with Crippen LogP contribution in [-0.2, 0) is 10.0 Å². The number of fused-ring (bicyclic) bond motifs is 1. The van der Waals surface area contributed by atoms with Gasteiger partial charge < -0.3 is 5.11 Å². The van der Waals surface area contributed by atoms with Crippen molar-refractivity contribution in [1.29, 1.82) is 0 Å². The number of hydrogen-bond donors (Lipinski definition) is 2. The first-order chi connectivity index (χ1) is 13.0. The number of hydrogen-bond acceptors (Lipinski definition) is 5. The summed E-state index contributed by atoms with van der Waals surface area (Å²) in [5.41, 5.74) is 1.50. The second kappa shape index (κ2) is 7.24. The number of sulfonamides is 1. The Kier molecular flexibility index (Phi) is 4.79. The van der Waals surface area contributed by atoms with E-state index in [2.05, 4.69) is 9.82 Å². The number of nitrogens with zero attached hydrogens (tertiary/aromatic N) is 2. The van der Waals surface area contributed by atoms with Gasteiger partial charge in [0.2, 0.25) is 10.0 Å². The Morgan fingerprint density at radius 3 is 2.63 bits per heavy atom. The van der Waals surface area contributed by atoms with E-state index in [0.29, 0.717) is 0 Å². The summed E-state index contributed by atoms with van der Waals surface area (Å²) < 4.78 is 30.2. The Hall–Kier alpha value is -2.52. The summed E-state index contributed by atoms with van der Waals surface area (Å²) in [6, 6.07) is 15.9. The van der Waals surface area contributed by atoms with Gasteiger partial charge in [-0.05, 0) is 47.2 Å². The van der Waals surface area contributed by atoms with Gasteiger partial charge in [-0.1, -0.05) is 18.2 Å². The summed E-state index contributed by atoms with van der Waals surface area (Å²) in [4.78, 5) is 0.140. The molecular formula is C19H17N3O3S2. The molecule has 138 valence electrons. The number of aliphatic hydroxyl groups is 1. The van der Waals surface area contributed by atoms with Gasteiger partial charge in [0.15, 0.2) is 0 Å². The number of rotatable bonds is 6. The van der Waals surface area contributed by atoms with Gasteiger partial charge in [0.1, 0.15) is 0 Å². The predicted octanol–water partition coefficient (Wildman–Crippen LogP) is 3.10. The fourth-order valence-electron chi connectivity index (χ4n) is 2.84. The monoisotopic (exact) mass is 399 g/mol. The van der Waals surface area contributed by atoms with Crippen LogP contribution in [0.4, 0.5) is 0 Å². The van der Waals surface area contributed by atoms with Crippen LogP contribution in [0.25, 0.3) is 15.8 Å². The van der Waals surface area contributed by atoms with Crippen LogP contribution in [0.5, 0.6) is 0 Å². The van der Waals surface area contributed by atoms with Gasteiger partial charge in [-0.15, -0.1) is 11.3 Å². The molecule has 2 aromatic heterocycles. The third-order valence-corrected chi connectivity index (χ3v) is 6.67. The van der Waals surface area contributed by atoms with Gasteiger partial charge >= 0.3 is 0 Å². The molecular weight excluding hydrogens is 382 g/mol. The van der Waals surface area contributed by atoms with E-state index < -0.39 is 16.1 Å². The molecule has 4 aromatic rings. The quantitative estimate of drug-likeness (QED) is 0.522. The molecule has 0 radical (unpaired) electrons. The Bertz CT molecular complexity index is 1150. The standard InChI is InChI=1S/C19H17N3O3S2/c23-18(17-13-26-19-5-2-1-4-16(17)19)12-21-27(24,25)15-8-6-14(7-9-15)22-11-3-10-20-22/h1-11,13,18,21,23H,12H2/t18-/m0/s1. The third-order valence-electron chi connectivity index (χ3n) is 4.25. The first kappa shape index (κ1) is 17.9. The maximum atomic E-state index is 12.5. The zero-order chi connectivity index (χ0) is 18.9. The summed E-state index contributed by atoms with van der Waals surface area (Å²) in [5, 5.41) is 17.4. The van der Waals surface area contributed by atoms with Crippen molar-refractivity contribution in [2.75, 3.05) is 6.54 Å². The maximum Gasteiger partial charge on any atom is 0.240 e. The van der Waals surface area contributed by atoms with Crippen LogP contribution in [0, 0.1) is 0 Å². The summed E-state index contributed by atoms with van der Waals surface area (Å²) in [7, 11) is -3.72. The molecule has 0 saturated heterocycles. The molecule has 0 unspecified atom stereocenters. The first-order valence-electron chi connectivity index (χ1n) is 8.28. The highest BCUT2D eigenvalue weighted by molar-refractivity contribution is 7.89. The van der Waals surface area contributed by atoms with Gasteiger partial charge in [0.05, 0.1) is 16.7 Å². The molecule has 0 amide bonds. The Labute approximate surface area is 160 Å². The largest absolute Gasteiger partial charge is 0.387 e. The lowest BCUT2D eigenvalue weighted by Crippen LogP contribution is -2.28. The SMILES string of the molecule is O=S(=O)(NC[C@H](O)c1csc2ccccc12)c1ccc(-n2cccn2)cc1. The number of thiophene rings is 1. The molecule has 2 aromatic carbocycles. The first-order valence-corrected chi connectivity index (χ1v) is 10.6. The molecule has 0 spiro atoms. The normalized spacial score (nSPS) is 13.1. The maximum absolute atomic E-state index is 12.5. The third kappa shape index (κ3) is 3.65. The van der Waals surface area contributed by atoms with Crippen LogP contribution in [0.2, 0.25) is 0 Å². The topological polar surface area (TPSA) is 84.2 Å². The minimum atomic E-state index is -3.72. The van der Waals surface area contributed by atoms with Crippen LogP contribution in [-0.4, -0.2) is 29.8 Å². The summed E-state index contributed by atoms with van der Waals surface area (Å²) >= 11 is 1.53. The lowest BCUT2D eigenvalue weighted by atomic mass is 10.1. The lowest BCUT2D eigenvalue weighted by molar-refractivity contribution is 0.184. The van der Waals surface area contributed by atoms with Crippen LogP contribution >= 0.6 is 11.3 Å². The molecule has 2 N–H and O–H groups in total. The number of nitrogens with one attached hydrogen (secondary N) is 1. The molecule has 0 saturated carbocycles. The van der Waals surface area contributed by atoms with Gasteiger partial charge in [-0.2, -0.15) is 5.10 Å². The summed E-state index contributed by atoms with van der Waals surface area (Å²) in [5.74, 6) is 0. The fourth-order valence-corrected chi connectivity index (χ4v) is 4.88. The van der Waals surface area contributed by atoms with Crippen molar-refractivity contribution in [3.63, 3.8) is 0 Å². The molecule has 0 aliphatic heterocycles. The van der Waals surface area contributed by atoms with E-state index in [1.165, 1.54) is 23.5 Å². The van der Waals surface area contributed by atoms with Crippen LogP contribution in [0.1, 0.15) is 11.7 Å². The van der Waals surface area contributed by atoms with E-state index in [1.807, 2.05) is 29.6 Å². The lowest BCUT2D eigenvalue weighted by Gasteiger charge is -2.12. The highest BCUT2D eigenvalue weighted by atomic mass is 32.2. The van der Waals surface area contributed by atoms with Crippen LogP contribution in [0.3, 0.4) is 0 Å². The zero-order valence-electron chi connectivity index (χ0n) is 14.2. The molecule has 6 nitrogen and oxygen atoms in total. The van der Waals surface area contributed by atoms with Gasteiger partial charge in [0, 0.05) is 29.2 Å². The number of benzene rings is 2. The highest BCUT2D eigenvalue weighted by Gasteiger charge is 2.18. The molecule has 0 aliphatic carbocycles. The van der Waals surface area contributed by atoms with E-state index in [4.69, 9.17) is 0 Å². The minimum absolute atomic E-state index is 0.0933. The molecule has 8 heteroatoms. The second-order valence-electron chi connectivity index (χ2n) is 6.00. The second-order valence-corrected chi connectivity index (χ2v) is 8.68. The van der Waals surface area contributed by atoms with Crippen LogP contribution in [0.15, 0.2) is 77.3 Å².